The number of fused-ring (bicyclic) bond motifs is 1. The Kier molecular flexibility index (Phi) is 3.66. The summed E-state index contributed by atoms with van der Waals surface area (Å²) in [5, 5.41) is 0.711. The van der Waals surface area contributed by atoms with E-state index in [1.165, 1.54) is 12.4 Å². The van der Waals surface area contributed by atoms with Crippen molar-refractivity contribution in [3.05, 3.63) is 43.5 Å². The van der Waals surface area contributed by atoms with Gasteiger partial charge < -0.3 is 14.2 Å². The Morgan fingerprint density at radius 1 is 1.16 bits per heavy atom. The van der Waals surface area contributed by atoms with E-state index in [2.05, 4.69) is 23.1 Å². The van der Waals surface area contributed by atoms with Crippen LogP contribution < -0.4 is 14.2 Å². The summed E-state index contributed by atoms with van der Waals surface area (Å²) in [6, 6.07) is 3.53. The number of hydrogen-bond acceptors (Lipinski definition) is 5. The molecule has 19 heavy (non-hydrogen) atoms. The highest BCUT2D eigenvalue weighted by atomic mass is 16.5. The summed E-state index contributed by atoms with van der Waals surface area (Å²) in [4.78, 5) is 8.26. The molecule has 2 aromatic rings. The summed E-state index contributed by atoms with van der Waals surface area (Å²) in [6.45, 7) is 7.28. The molecule has 0 spiro atoms. The van der Waals surface area contributed by atoms with Crippen LogP contribution in [0.25, 0.3) is 10.9 Å². The molecule has 0 unspecified atom stereocenters. The quantitative estimate of drug-likeness (QED) is 0.609. The van der Waals surface area contributed by atoms with E-state index in [1.807, 2.05) is 0 Å². The normalized spacial score (nSPS) is 10.0. The van der Waals surface area contributed by atoms with Gasteiger partial charge in [0.05, 0.1) is 25.1 Å². The molecular weight excluding hydrogens is 244 g/mol. The zero-order chi connectivity index (χ0) is 13.8. The average Bonchev–Trinajstić information content (AvgIpc) is 2.45. The van der Waals surface area contributed by atoms with Crippen molar-refractivity contribution in [1.29, 1.82) is 0 Å². The maximum Gasteiger partial charge on any atom is 0.230 e. The second kappa shape index (κ2) is 5.39. The minimum Gasteiger partial charge on any atom is -0.493 e. The maximum atomic E-state index is 5.49. The molecule has 0 radical (unpaired) electrons. The summed E-state index contributed by atoms with van der Waals surface area (Å²) in [6.07, 6.45) is 2.93. The standard InChI is InChI=1S/C14H14N2O3/c1-5-9(2)19-14-10-6-12(17-3)13(18-4)7-11(10)15-8-16-14/h5-8H,1-2H2,3-4H3. The highest BCUT2D eigenvalue weighted by Gasteiger charge is 2.11. The predicted octanol–water partition coefficient (Wildman–Crippen LogP) is 2.73. The molecule has 0 fully saturated rings. The Morgan fingerprint density at radius 2 is 1.84 bits per heavy atom. The molecule has 0 aliphatic carbocycles. The molecule has 1 heterocycles. The van der Waals surface area contributed by atoms with E-state index < -0.39 is 0 Å². The summed E-state index contributed by atoms with van der Waals surface area (Å²) >= 11 is 0. The lowest BCUT2D eigenvalue weighted by Crippen LogP contribution is -1.97. The van der Waals surface area contributed by atoms with Crippen LogP contribution in [0.4, 0.5) is 0 Å². The minimum absolute atomic E-state index is 0.399. The first-order chi connectivity index (χ1) is 9.19. The Balaban J connectivity index is 2.60. The van der Waals surface area contributed by atoms with Crippen LogP contribution in [0.2, 0.25) is 0 Å². The Morgan fingerprint density at radius 3 is 2.47 bits per heavy atom. The summed E-state index contributed by atoms with van der Waals surface area (Å²) in [5.74, 6) is 1.99. The highest BCUT2D eigenvalue weighted by Crippen LogP contribution is 2.34. The Bertz CT molecular complexity index is 638. The number of rotatable bonds is 5. The smallest absolute Gasteiger partial charge is 0.230 e. The van der Waals surface area contributed by atoms with Gasteiger partial charge in [-0.2, -0.15) is 0 Å². The van der Waals surface area contributed by atoms with Gasteiger partial charge in [0.1, 0.15) is 12.1 Å². The first-order valence-corrected chi connectivity index (χ1v) is 5.55. The highest BCUT2D eigenvalue weighted by molar-refractivity contribution is 5.86. The number of benzene rings is 1. The van der Waals surface area contributed by atoms with Gasteiger partial charge in [-0.1, -0.05) is 13.2 Å². The van der Waals surface area contributed by atoms with E-state index in [9.17, 15) is 0 Å². The molecule has 0 saturated heterocycles. The Hall–Kier alpha value is -2.56. The molecule has 98 valence electrons. The lowest BCUT2D eigenvalue weighted by atomic mass is 10.2. The van der Waals surface area contributed by atoms with Crippen molar-refractivity contribution in [3.63, 3.8) is 0 Å². The molecule has 0 aliphatic heterocycles. The second-order valence-corrected chi connectivity index (χ2v) is 3.68. The van der Waals surface area contributed by atoms with Gasteiger partial charge in [-0.05, 0) is 12.1 Å². The molecule has 0 saturated carbocycles. The van der Waals surface area contributed by atoms with Crippen molar-refractivity contribution in [2.45, 2.75) is 0 Å². The van der Waals surface area contributed by atoms with E-state index in [0.29, 0.717) is 34.0 Å². The molecule has 0 atom stereocenters. The number of ether oxygens (including phenoxy) is 3. The van der Waals surface area contributed by atoms with Crippen molar-refractivity contribution >= 4 is 10.9 Å². The monoisotopic (exact) mass is 258 g/mol. The summed E-state index contributed by atoms with van der Waals surface area (Å²) in [7, 11) is 3.14. The molecule has 1 aromatic carbocycles. The third kappa shape index (κ3) is 2.49. The fourth-order valence-electron chi connectivity index (χ4n) is 1.61. The van der Waals surface area contributed by atoms with Gasteiger partial charge >= 0.3 is 0 Å². The number of hydrogen-bond donors (Lipinski definition) is 0. The third-order valence-electron chi connectivity index (χ3n) is 2.56. The Labute approximate surface area is 111 Å². The van der Waals surface area contributed by atoms with Gasteiger partial charge in [-0.25, -0.2) is 9.97 Å². The van der Waals surface area contributed by atoms with Crippen LogP contribution in [-0.2, 0) is 0 Å². The molecule has 1 aromatic heterocycles. The van der Waals surface area contributed by atoms with Crippen molar-refractivity contribution in [2.75, 3.05) is 14.2 Å². The largest absolute Gasteiger partial charge is 0.493 e. The molecular formula is C14H14N2O3. The third-order valence-corrected chi connectivity index (χ3v) is 2.56. The zero-order valence-electron chi connectivity index (χ0n) is 10.8. The first-order valence-electron chi connectivity index (χ1n) is 5.55. The number of allylic oxidation sites excluding steroid dienone is 1. The molecule has 5 heteroatoms. The van der Waals surface area contributed by atoms with E-state index in [0.717, 1.165) is 0 Å². The van der Waals surface area contributed by atoms with Gasteiger partial charge in [-0.15, -0.1) is 0 Å². The number of aromatic nitrogens is 2. The van der Waals surface area contributed by atoms with Crippen molar-refractivity contribution in [2.24, 2.45) is 0 Å². The molecule has 0 N–H and O–H groups in total. The summed E-state index contributed by atoms with van der Waals surface area (Å²) < 4.78 is 16.0. The second-order valence-electron chi connectivity index (χ2n) is 3.68. The average molecular weight is 258 g/mol. The van der Waals surface area contributed by atoms with Crippen LogP contribution in [0.5, 0.6) is 17.4 Å². The SMILES string of the molecule is C=CC(=C)Oc1ncnc2cc(OC)c(OC)cc12. The van der Waals surface area contributed by atoms with Crippen LogP contribution >= 0.6 is 0 Å². The maximum absolute atomic E-state index is 5.49. The van der Waals surface area contributed by atoms with Gasteiger partial charge in [0.15, 0.2) is 11.5 Å². The van der Waals surface area contributed by atoms with Gasteiger partial charge in [0, 0.05) is 6.07 Å². The van der Waals surface area contributed by atoms with Gasteiger partial charge in [0.25, 0.3) is 0 Å². The molecule has 5 nitrogen and oxygen atoms in total. The van der Waals surface area contributed by atoms with Crippen LogP contribution in [0.15, 0.2) is 43.5 Å². The number of methoxy groups -OCH3 is 2. The zero-order valence-corrected chi connectivity index (χ0v) is 10.8. The predicted molar refractivity (Wildman–Crippen MR) is 72.6 cm³/mol. The van der Waals surface area contributed by atoms with Crippen LogP contribution in [-0.4, -0.2) is 24.2 Å². The molecule has 0 aliphatic rings. The van der Waals surface area contributed by atoms with E-state index in [-0.39, 0.29) is 0 Å². The van der Waals surface area contributed by atoms with E-state index >= 15 is 0 Å². The topological polar surface area (TPSA) is 53.5 Å². The van der Waals surface area contributed by atoms with Crippen LogP contribution in [0, 0.1) is 0 Å². The fraction of sp³-hybridized carbons (Fsp3) is 0.143. The van der Waals surface area contributed by atoms with Crippen molar-refractivity contribution in [3.8, 4) is 17.4 Å². The van der Waals surface area contributed by atoms with Crippen molar-refractivity contribution < 1.29 is 14.2 Å². The van der Waals surface area contributed by atoms with Gasteiger partial charge in [0.2, 0.25) is 5.88 Å². The molecule has 0 bridgehead atoms. The van der Waals surface area contributed by atoms with E-state index in [1.54, 1.807) is 26.4 Å². The molecule has 0 amide bonds. The first kappa shape index (κ1) is 12.9. The molecule has 2 rings (SSSR count). The van der Waals surface area contributed by atoms with Crippen LogP contribution in [0.1, 0.15) is 0 Å². The van der Waals surface area contributed by atoms with Crippen molar-refractivity contribution in [1.82, 2.24) is 9.97 Å². The lowest BCUT2D eigenvalue weighted by molar-refractivity contribution is 0.355. The minimum atomic E-state index is 0.399. The lowest BCUT2D eigenvalue weighted by Gasteiger charge is -2.11. The van der Waals surface area contributed by atoms with E-state index in [4.69, 9.17) is 14.2 Å². The summed E-state index contributed by atoms with van der Waals surface area (Å²) in [5.41, 5.74) is 0.694. The van der Waals surface area contributed by atoms with Crippen LogP contribution in [0.3, 0.4) is 0 Å². The number of nitrogens with zero attached hydrogens (tertiary/aromatic N) is 2. The van der Waals surface area contributed by atoms with Gasteiger partial charge in [-0.3, -0.25) is 0 Å². The fourth-order valence-corrected chi connectivity index (χ4v) is 1.61.